The number of nitrogens with one attached hydrogen (secondary N) is 1. The molecular formula is C19H28BrFIN3O2. The number of ether oxygens (including phenoxy) is 2. The lowest BCUT2D eigenvalue weighted by Gasteiger charge is -2.37. The second kappa shape index (κ2) is 11.5. The van der Waals surface area contributed by atoms with Gasteiger partial charge in [0.15, 0.2) is 5.96 Å². The largest absolute Gasteiger partial charge is 0.375 e. The van der Waals surface area contributed by atoms with Gasteiger partial charge in [0.25, 0.3) is 0 Å². The van der Waals surface area contributed by atoms with Gasteiger partial charge in [-0.1, -0.05) is 22.0 Å². The summed E-state index contributed by atoms with van der Waals surface area (Å²) in [6, 6.07) is 5.23. The summed E-state index contributed by atoms with van der Waals surface area (Å²) in [6.45, 7) is 3.90. The van der Waals surface area contributed by atoms with Crippen LogP contribution in [0.15, 0.2) is 27.7 Å². The summed E-state index contributed by atoms with van der Waals surface area (Å²) >= 11 is 3.29. The molecule has 2 aliphatic rings. The van der Waals surface area contributed by atoms with E-state index in [-0.39, 0.29) is 42.0 Å². The molecule has 0 spiro atoms. The molecule has 27 heavy (non-hydrogen) atoms. The number of morpholine rings is 1. The SMILES string of the molecule is CN=C(NCCCc1ccc(Br)cc1F)N1CCOC(C2CCCO2)C1.I. The van der Waals surface area contributed by atoms with Crippen molar-refractivity contribution in [1.29, 1.82) is 0 Å². The molecule has 1 N–H and O–H groups in total. The molecule has 1 aromatic rings. The van der Waals surface area contributed by atoms with Gasteiger partial charge in [-0.05, 0) is 43.4 Å². The Morgan fingerprint density at radius 1 is 1.33 bits per heavy atom. The molecule has 0 saturated carbocycles. The van der Waals surface area contributed by atoms with E-state index in [9.17, 15) is 4.39 Å². The van der Waals surface area contributed by atoms with Crippen molar-refractivity contribution < 1.29 is 13.9 Å². The highest BCUT2D eigenvalue weighted by molar-refractivity contribution is 14.0. The number of hydrogen-bond acceptors (Lipinski definition) is 3. The minimum Gasteiger partial charge on any atom is -0.375 e. The van der Waals surface area contributed by atoms with Gasteiger partial charge < -0.3 is 19.7 Å². The topological polar surface area (TPSA) is 46.1 Å². The van der Waals surface area contributed by atoms with Gasteiger partial charge in [-0.15, -0.1) is 24.0 Å². The lowest BCUT2D eigenvalue weighted by Crippen LogP contribution is -2.53. The summed E-state index contributed by atoms with van der Waals surface area (Å²) in [5, 5.41) is 3.40. The summed E-state index contributed by atoms with van der Waals surface area (Å²) in [6.07, 6.45) is 4.05. The van der Waals surface area contributed by atoms with Gasteiger partial charge in [0, 0.05) is 37.8 Å². The van der Waals surface area contributed by atoms with Crippen molar-refractivity contribution in [3.8, 4) is 0 Å². The molecule has 1 aromatic carbocycles. The van der Waals surface area contributed by atoms with Gasteiger partial charge in [-0.3, -0.25) is 4.99 Å². The fraction of sp³-hybridized carbons (Fsp3) is 0.632. The maximum absolute atomic E-state index is 13.9. The molecule has 0 amide bonds. The summed E-state index contributed by atoms with van der Waals surface area (Å²) in [4.78, 5) is 6.63. The van der Waals surface area contributed by atoms with E-state index in [1.165, 1.54) is 6.07 Å². The molecule has 3 rings (SSSR count). The molecule has 2 heterocycles. The van der Waals surface area contributed by atoms with Crippen LogP contribution in [0.1, 0.15) is 24.8 Å². The molecule has 2 saturated heterocycles. The maximum atomic E-state index is 13.9. The molecule has 0 aliphatic carbocycles. The van der Waals surface area contributed by atoms with Crippen LogP contribution in [0.2, 0.25) is 0 Å². The van der Waals surface area contributed by atoms with Crippen molar-refractivity contribution in [2.75, 3.05) is 39.9 Å². The smallest absolute Gasteiger partial charge is 0.193 e. The van der Waals surface area contributed by atoms with Crippen LogP contribution in [-0.2, 0) is 15.9 Å². The van der Waals surface area contributed by atoms with E-state index in [1.807, 2.05) is 12.1 Å². The Bertz CT molecular complexity index is 629. The number of guanidine groups is 1. The van der Waals surface area contributed by atoms with Gasteiger partial charge in [0.1, 0.15) is 11.9 Å². The first kappa shape index (κ1) is 22.8. The summed E-state index contributed by atoms with van der Waals surface area (Å²) in [5.74, 6) is 0.726. The summed E-state index contributed by atoms with van der Waals surface area (Å²) in [5.41, 5.74) is 0.745. The van der Waals surface area contributed by atoms with Crippen molar-refractivity contribution in [1.82, 2.24) is 10.2 Å². The van der Waals surface area contributed by atoms with Crippen LogP contribution >= 0.6 is 39.9 Å². The third-order valence-electron chi connectivity index (χ3n) is 4.91. The lowest BCUT2D eigenvalue weighted by molar-refractivity contribution is -0.0816. The third-order valence-corrected chi connectivity index (χ3v) is 5.40. The molecular weight excluding hydrogens is 528 g/mol. The Morgan fingerprint density at radius 3 is 2.85 bits per heavy atom. The Hall–Kier alpha value is -0.450. The molecule has 2 unspecified atom stereocenters. The first-order chi connectivity index (χ1) is 12.7. The van der Waals surface area contributed by atoms with E-state index >= 15 is 0 Å². The first-order valence-corrected chi connectivity index (χ1v) is 10.1. The number of benzene rings is 1. The Balaban J connectivity index is 0.00000261. The Labute approximate surface area is 186 Å². The van der Waals surface area contributed by atoms with Gasteiger partial charge in [-0.2, -0.15) is 0 Å². The van der Waals surface area contributed by atoms with Crippen LogP contribution in [0.25, 0.3) is 0 Å². The van der Waals surface area contributed by atoms with E-state index in [2.05, 4.69) is 31.1 Å². The zero-order valence-electron chi connectivity index (χ0n) is 15.6. The fourth-order valence-electron chi connectivity index (χ4n) is 3.52. The van der Waals surface area contributed by atoms with E-state index in [0.717, 1.165) is 61.5 Å². The minimum atomic E-state index is -0.156. The van der Waals surface area contributed by atoms with Crippen molar-refractivity contribution in [3.63, 3.8) is 0 Å². The predicted octanol–water partition coefficient (Wildman–Crippen LogP) is 3.59. The molecule has 8 heteroatoms. The summed E-state index contributed by atoms with van der Waals surface area (Å²) in [7, 11) is 1.80. The molecule has 0 bridgehead atoms. The molecule has 2 aliphatic heterocycles. The van der Waals surface area contributed by atoms with E-state index < -0.39 is 0 Å². The molecule has 152 valence electrons. The van der Waals surface area contributed by atoms with Gasteiger partial charge in [-0.25, -0.2) is 4.39 Å². The third kappa shape index (κ3) is 6.54. The van der Waals surface area contributed by atoms with Gasteiger partial charge in [0.05, 0.1) is 12.7 Å². The first-order valence-electron chi connectivity index (χ1n) is 9.30. The number of hydrogen-bond donors (Lipinski definition) is 1. The number of aryl methyl sites for hydroxylation is 1. The number of aliphatic imine (C=N–C) groups is 1. The van der Waals surface area contributed by atoms with Crippen LogP contribution in [0.4, 0.5) is 4.39 Å². The highest BCUT2D eigenvalue weighted by Gasteiger charge is 2.32. The lowest BCUT2D eigenvalue weighted by atomic mass is 10.1. The standard InChI is InChI=1S/C19H27BrFN3O2.HI/c1-22-19(23-8-2-4-14-6-7-15(20)12-16(14)21)24-9-11-26-18(13-24)17-5-3-10-25-17;/h6-7,12,17-18H,2-5,8-11,13H2,1H3,(H,22,23);1H. The van der Waals surface area contributed by atoms with Crippen molar-refractivity contribution in [2.45, 2.75) is 37.9 Å². The highest BCUT2D eigenvalue weighted by Crippen LogP contribution is 2.21. The molecule has 0 radical (unpaired) electrons. The van der Waals surface area contributed by atoms with E-state index in [1.54, 1.807) is 7.05 Å². The van der Waals surface area contributed by atoms with Crippen molar-refractivity contribution in [3.05, 3.63) is 34.1 Å². The normalized spacial score (nSPS) is 23.2. The highest BCUT2D eigenvalue weighted by atomic mass is 127. The van der Waals surface area contributed by atoms with Crippen LogP contribution in [0.5, 0.6) is 0 Å². The van der Waals surface area contributed by atoms with Crippen LogP contribution in [0.3, 0.4) is 0 Å². The Kier molecular flexibility index (Phi) is 9.75. The molecule has 0 aromatic heterocycles. The Morgan fingerprint density at radius 2 is 2.15 bits per heavy atom. The van der Waals surface area contributed by atoms with Gasteiger partial charge in [0.2, 0.25) is 0 Å². The number of halogens is 3. The fourth-order valence-corrected chi connectivity index (χ4v) is 3.86. The average Bonchev–Trinajstić information content (AvgIpc) is 3.18. The van der Waals surface area contributed by atoms with Gasteiger partial charge >= 0.3 is 0 Å². The average molecular weight is 556 g/mol. The number of nitrogens with zero attached hydrogens (tertiary/aromatic N) is 2. The van der Waals surface area contributed by atoms with Crippen LogP contribution < -0.4 is 5.32 Å². The molecule has 2 fully saturated rings. The zero-order valence-corrected chi connectivity index (χ0v) is 19.5. The molecule has 2 atom stereocenters. The van der Waals surface area contributed by atoms with Crippen LogP contribution in [0, 0.1) is 5.82 Å². The monoisotopic (exact) mass is 555 g/mol. The maximum Gasteiger partial charge on any atom is 0.193 e. The minimum absolute atomic E-state index is 0. The second-order valence-electron chi connectivity index (χ2n) is 6.72. The quantitative estimate of drug-likeness (QED) is 0.261. The molecule has 5 nitrogen and oxygen atoms in total. The zero-order chi connectivity index (χ0) is 18.4. The van der Waals surface area contributed by atoms with Crippen molar-refractivity contribution >= 4 is 45.9 Å². The van der Waals surface area contributed by atoms with Crippen molar-refractivity contribution in [2.24, 2.45) is 4.99 Å². The predicted molar refractivity (Wildman–Crippen MR) is 119 cm³/mol. The van der Waals surface area contributed by atoms with Crippen LogP contribution in [-0.4, -0.2) is 63.0 Å². The number of rotatable bonds is 5. The van der Waals surface area contributed by atoms with E-state index in [0.29, 0.717) is 13.0 Å². The second-order valence-corrected chi connectivity index (χ2v) is 7.64. The van der Waals surface area contributed by atoms with E-state index in [4.69, 9.17) is 9.47 Å². The summed E-state index contributed by atoms with van der Waals surface area (Å²) < 4.78 is 26.3.